The van der Waals surface area contributed by atoms with Crippen LogP contribution in [0.5, 0.6) is 0 Å². The molecule has 0 unspecified atom stereocenters. The van der Waals surface area contributed by atoms with Crippen molar-refractivity contribution in [2.75, 3.05) is 6.54 Å². The molecule has 2 N–H and O–H groups in total. The van der Waals surface area contributed by atoms with Crippen LogP contribution in [-0.4, -0.2) is 21.5 Å². The Labute approximate surface area is 109 Å². The van der Waals surface area contributed by atoms with Crippen LogP contribution in [0.2, 0.25) is 0 Å². The van der Waals surface area contributed by atoms with Gasteiger partial charge in [-0.3, -0.25) is 4.79 Å². The van der Waals surface area contributed by atoms with Crippen LogP contribution in [0.4, 0.5) is 0 Å². The van der Waals surface area contributed by atoms with Crippen molar-refractivity contribution in [3.8, 4) is 0 Å². The topological polar surface area (TPSA) is 70.7 Å². The first-order valence-electron chi connectivity index (χ1n) is 5.67. The molecule has 18 heavy (non-hydrogen) atoms. The van der Waals surface area contributed by atoms with E-state index in [9.17, 15) is 4.79 Å². The molecule has 0 radical (unpaired) electrons. The Morgan fingerprint density at radius 1 is 1.33 bits per heavy atom. The van der Waals surface area contributed by atoms with E-state index in [2.05, 4.69) is 27.2 Å². The van der Waals surface area contributed by atoms with Gasteiger partial charge in [0.25, 0.3) is 5.56 Å². The zero-order valence-corrected chi connectivity index (χ0v) is 10.8. The molecule has 6 heteroatoms. The second-order valence-corrected chi connectivity index (χ2v) is 4.57. The van der Waals surface area contributed by atoms with Gasteiger partial charge in [0.2, 0.25) is 0 Å². The highest BCUT2D eigenvalue weighted by Crippen LogP contribution is 2.24. The number of hydrogen-bond donors (Lipinski definition) is 2. The average molecular weight is 262 g/mol. The summed E-state index contributed by atoms with van der Waals surface area (Å²) >= 11 is 1.36. The van der Waals surface area contributed by atoms with Crippen molar-refractivity contribution in [3.05, 3.63) is 46.5 Å². The fourth-order valence-electron chi connectivity index (χ4n) is 1.41. The van der Waals surface area contributed by atoms with Crippen molar-refractivity contribution < 1.29 is 0 Å². The van der Waals surface area contributed by atoms with Gasteiger partial charge in [-0.2, -0.15) is 0 Å². The number of nitrogens with one attached hydrogen (secondary N) is 2. The molecule has 0 amide bonds. The molecule has 0 saturated heterocycles. The monoisotopic (exact) mass is 262 g/mol. The minimum absolute atomic E-state index is 0.156. The summed E-state index contributed by atoms with van der Waals surface area (Å²) < 4.78 is 0. The summed E-state index contributed by atoms with van der Waals surface area (Å²) in [6.45, 7) is 3.71. The van der Waals surface area contributed by atoms with Crippen molar-refractivity contribution in [1.82, 2.24) is 20.3 Å². The van der Waals surface area contributed by atoms with Gasteiger partial charge in [-0.1, -0.05) is 13.0 Å². The fourth-order valence-corrected chi connectivity index (χ4v) is 2.24. The third-order valence-corrected chi connectivity index (χ3v) is 3.22. The Morgan fingerprint density at radius 3 is 3.00 bits per heavy atom. The van der Waals surface area contributed by atoms with Crippen molar-refractivity contribution in [2.45, 2.75) is 23.7 Å². The third-order valence-electron chi connectivity index (χ3n) is 2.26. The van der Waals surface area contributed by atoms with Crippen LogP contribution in [0.3, 0.4) is 0 Å². The Balaban J connectivity index is 2.20. The SMILES string of the molecule is CCNCc1cccnc1Sc1nccc(=O)[nH]1. The first-order chi connectivity index (χ1) is 8.79. The third kappa shape index (κ3) is 3.41. The summed E-state index contributed by atoms with van der Waals surface area (Å²) in [7, 11) is 0. The molecule has 0 atom stereocenters. The van der Waals surface area contributed by atoms with Crippen LogP contribution in [-0.2, 0) is 6.54 Å². The molecule has 0 aliphatic rings. The molecule has 2 aromatic rings. The van der Waals surface area contributed by atoms with Crippen LogP contribution in [0.25, 0.3) is 0 Å². The molecule has 2 rings (SSSR count). The van der Waals surface area contributed by atoms with E-state index < -0.39 is 0 Å². The second kappa shape index (κ2) is 6.32. The van der Waals surface area contributed by atoms with E-state index >= 15 is 0 Å². The van der Waals surface area contributed by atoms with Gasteiger partial charge in [-0.25, -0.2) is 9.97 Å². The number of aromatic amines is 1. The lowest BCUT2D eigenvalue weighted by Gasteiger charge is -2.07. The predicted octanol–water partition coefficient (Wildman–Crippen LogP) is 1.43. The van der Waals surface area contributed by atoms with Crippen LogP contribution < -0.4 is 10.9 Å². The van der Waals surface area contributed by atoms with Gasteiger partial charge >= 0.3 is 0 Å². The zero-order valence-electron chi connectivity index (χ0n) is 10.0. The largest absolute Gasteiger partial charge is 0.313 e. The number of hydrogen-bond acceptors (Lipinski definition) is 5. The summed E-state index contributed by atoms with van der Waals surface area (Å²) in [4.78, 5) is 22.3. The van der Waals surface area contributed by atoms with Gasteiger partial charge < -0.3 is 10.3 Å². The lowest BCUT2D eigenvalue weighted by molar-refractivity contribution is 0.710. The number of nitrogens with zero attached hydrogens (tertiary/aromatic N) is 2. The maximum Gasteiger partial charge on any atom is 0.251 e. The second-order valence-electron chi connectivity index (χ2n) is 3.59. The van der Waals surface area contributed by atoms with Gasteiger partial charge in [0.05, 0.1) is 0 Å². The fraction of sp³-hybridized carbons (Fsp3) is 0.250. The van der Waals surface area contributed by atoms with Crippen molar-refractivity contribution in [3.63, 3.8) is 0 Å². The van der Waals surface area contributed by atoms with Gasteiger partial charge in [0, 0.05) is 25.0 Å². The molecular weight excluding hydrogens is 248 g/mol. The summed E-state index contributed by atoms with van der Waals surface area (Å²) in [5.74, 6) is 0. The molecule has 5 nitrogen and oxygen atoms in total. The Hall–Kier alpha value is -1.66. The van der Waals surface area contributed by atoms with E-state index in [0.29, 0.717) is 5.16 Å². The molecule has 2 aromatic heterocycles. The standard InChI is InChI=1S/C12H14N4OS/c1-2-13-8-9-4-3-6-14-11(9)18-12-15-7-5-10(17)16-12/h3-7,13H,2,8H2,1H3,(H,15,16,17). The number of pyridine rings is 1. The number of aromatic nitrogens is 3. The zero-order chi connectivity index (χ0) is 12.8. The molecule has 2 heterocycles. The molecule has 94 valence electrons. The van der Waals surface area contributed by atoms with Crippen molar-refractivity contribution >= 4 is 11.8 Å². The maximum absolute atomic E-state index is 11.2. The first kappa shape index (κ1) is 12.8. The minimum atomic E-state index is -0.156. The van der Waals surface area contributed by atoms with E-state index in [1.165, 1.54) is 24.0 Å². The first-order valence-corrected chi connectivity index (χ1v) is 6.49. The Kier molecular flexibility index (Phi) is 4.49. The quantitative estimate of drug-likeness (QED) is 0.798. The highest BCUT2D eigenvalue weighted by molar-refractivity contribution is 7.99. The molecule has 0 aliphatic heterocycles. The molecule has 0 spiro atoms. The predicted molar refractivity (Wildman–Crippen MR) is 70.6 cm³/mol. The Morgan fingerprint density at radius 2 is 2.22 bits per heavy atom. The van der Waals surface area contributed by atoms with E-state index in [0.717, 1.165) is 23.7 Å². The summed E-state index contributed by atoms with van der Waals surface area (Å²) in [6, 6.07) is 5.30. The van der Waals surface area contributed by atoms with E-state index in [1.807, 2.05) is 12.1 Å². The molecule has 0 saturated carbocycles. The lowest BCUT2D eigenvalue weighted by atomic mass is 10.3. The highest BCUT2D eigenvalue weighted by atomic mass is 32.2. The van der Waals surface area contributed by atoms with Crippen LogP contribution in [0, 0.1) is 0 Å². The van der Waals surface area contributed by atoms with Crippen molar-refractivity contribution in [1.29, 1.82) is 0 Å². The van der Waals surface area contributed by atoms with Gasteiger partial charge in [-0.05, 0) is 29.9 Å². The van der Waals surface area contributed by atoms with E-state index in [-0.39, 0.29) is 5.56 Å². The smallest absolute Gasteiger partial charge is 0.251 e. The average Bonchev–Trinajstić information content (AvgIpc) is 2.38. The lowest BCUT2D eigenvalue weighted by Crippen LogP contribution is -2.13. The van der Waals surface area contributed by atoms with Crippen molar-refractivity contribution in [2.24, 2.45) is 0 Å². The van der Waals surface area contributed by atoms with Gasteiger partial charge in [0.15, 0.2) is 5.16 Å². The van der Waals surface area contributed by atoms with Crippen LogP contribution in [0.1, 0.15) is 12.5 Å². The highest BCUT2D eigenvalue weighted by Gasteiger charge is 2.06. The molecular formula is C12H14N4OS. The van der Waals surface area contributed by atoms with Gasteiger partial charge in [0.1, 0.15) is 5.03 Å². The normalized spacial score (nSPS) is 10.5. The summed E-state index contributed by atoms with van der Waals surface area (Å²) in [5.41, 5.74) is 0.938. The molecule has 0 aromatic carbocycles. The van der Waals surface area contributed by atoms with Crippen LogP contribution in [0.15, 0.2) is 45.6 Å². The van der Waals surface area contributed by atoms with E-state index in [4.69, 9.17) is 0 Å². The number of rotatable bonds is 5. The summed E-state index contributed by atoms with van der Waals surface area (Å²) in [6.07, 6.45) is 3.23. The molecule has 0 fully saturated rings. The maximum atomic E-state index is 11.2. The Bertz CT molecular complexity index is 570. The van der Waals surface area contributed by atoms with Crippen LogP contribution >= 0.6 is 11.8 Å². The van der Waals surface area contributed by atoms with Gasteiger partial charge in [-0.15, -0.1) is 0 Å². The molecule has 0 bridgehead atoms. The minimum Gasteiger partial charge on any atom is -0.313 e. The molecule has 0 aliphatic carbocycles. The summed E-state index contributed by atoms with van der Waals surface area (Å²) in [5, 5.41) is 4.67. The number of H-pyrrole nitrogens is 1. The van der Waals surface area contributed by atoms with E-state index in [1.54, 1.807) is 6.20 Å².